The van der Waals surface area contributed by atoms with E-state index in [1.807, 2.05) is 66.7 Å². The SMILES string of the molecule is Nc1c(-c2cccc([N+](=O)[O-])c2)sc2nc(-c3ccccc3)cc(-c3ccccc3)c12. The number of nitrogens with zero attached hydrogens (tertiary/aromatic N) is 2. The first kappa shape index (κ1) is 19.0. The predicted octanol–water partition coefficient (Wildman–Crippen LogP) is 6.79. The quantitative estimate of drug-likeness (QED) is 0.255. The highest BCUT2D eigenvalue weighted by atomic mass is 32.1. The largest absolute Gasteiger partial charge is 0.397 e. The van der Waals surface area contributed by atoms with Crippen LogP contribution in [-0.2, 0) is 0 Å². The molecule has 150 valence electrons. The number of hydrogen-bond donors (Lipinski definition) is 1. The second kappa shape index (κ2) is 7.66. The van der Waals surface area contributed by atoms with E-state index >= 15 is 0 Å². The summed E-state index contributed by atoms with van der Waals surface area (Å²) in [6.07, 6.45) is 0. The van der Waals surface area contributed by atoms with Crippen LogP contribution in [0.15, 0.2) is 91.0 Å². The Morgan fingerprint density at radius 2 is 1.45 bits per heavy atom. The van der Waals surface area contributed by atoms with Crippen LogP contribution in [0.2, 0.25) is 0 Å². The molecule has 0 spiro atoms. The molecule has 2 aromatic heterocycles. The molecular weight excluding hydrogens is 406 g/mol. The summed E-state index contributed by atoms with van der Waals surface area (Å²) in [5, 5.41) is 12.1. The number of pyridine rings is 1. The van der Waals surface area contributed by atoms with E-state index in [0.29, 0.717) is 5.69 Å². The molecule has 0 aliphatic rings. The smallest absolute Gasteiger partial charge is 0.270 e. The number of rotatable bonds is 4. The van der Waals surface area contributed by atoms with Gasteiger partial charge in [-0.1, -0.05) is 72.8 Å². The fraction of sp³-hybridized carbons (Fsp3) is 0. The van der Waals surface area contributed by atoms with Gasteiger partial charge in [0.2, 0.25) is 0 Å². The standard InChI is InChI=1S/C25H17N3O2S/c26-23-22-20(16-8-3-1-4-9-16)15-21(17-10-5-2-6-11-17)27-25(22)31-24(23)18-12-7-13-19(14-18)28(29)30/h1-15H,26H2. The summed E-state index contributed by atoms with van der Waals surface area (Å²) < 4.78 is 0. The zero-order valence-electron chi connectivity index (χ0n) is 16.4. The molecule has 3 aromatic carbocycles. The number of thiophene rings is 1. The van der Waals surface area contributed by atoms with Gasteiger partial charge in [-0.15, -0.1) is 11.3 Å². The molecule has 0 atom stereocenters. The van der Waals surface area contributed by atoms with Crippen molar-refractivity contribution in [3.63, 3.8) is 0 Å². The van der Waals surface area contributed by atoms with E-state index in [1.54, 1.807) is 12.1 Å². The minimum Gasteiger partial charge on any atom is -0.397 e. The summed E-state index contributed by atoms with van der Waals surface area (Å²) in [5.74, 6) is 0. The van der Waals surface area contributed by atoms with Gasteiger partial charge in [0.05, 0.1) is 21.2 Å². The molecule has 0 fully saturated rings. The van der Waals surface area contributed by atoms with Crippen molar-refractivity contribution in [3.8, 4) is 32.8 Å². The van der Waals surface area contributed by atoms with Crippen molar-refractivity contribution in [2.24, 2.45) is 0 Å². The molecule has 2 N–H and O–H groups in total. The summed E-state index contributed by atoms with van der Waals surface area (Å²) in [6.45, 7) is 0. The molecule has 0 saturated carbocycles. The van der Waals surface area contributed by atoms with Gasteiger partial charge in [-0.05, 0) is 17.2 Å². The highest BCUT2D eigenvalue weighted by Gasteiger charge is 2.19. The van der Waals surface area contributed by atoms with E-state index < -0.39 is 4.92 Å². The first-order valence-corrected chi connectivity index (χ1v) is 10.5. The van der Waals surface area contributed by atoms with Crippen LogP contribution in [0, 0.1) is 10.1 Å². The zero-order chi connectivity index (χ0) is 21.4. The second-order valence-electron chi connectivity index (χ2n) is 7.12. The Bertz CT molecular complexity index is 1410. The molecule has 0 aliphatic heterocycles. The monoisotopic (exact) mass is 423 g/mol. The molecule has 0 amide bonds. The molecule has 2 heterocycles. The van der Waals surface area contributed by atoms with Crippen LogP contribution >= 0.6 is 11.3 Å². The number of benzene rings is 3. The van der Waals surface area contributed by atoms with Crippen molar-refractivity contribution in [3.05, 3.63) is 101 Å². The molecule has 0 bridgehead atoms. The molecule has 0 saturated heterocycles. The molecule has 5 rings (SSSR count). The van der Waals surface area contributed by atoms with Crippen molar-refractivity contribution in [2.45, 2.75) is 0 Å². The van der Waals surface area contributed by atoms with Crippen LogP contribution in [-0.4, -0.2) is 9.91 Å². The highest BCUT2D eigenvalue weighted by Crippen LogP contribution is 2.45. The molecule has 5 nitrogen and oxygen atoms in total. The summed E-state index contributed by atoms with van der Waals surface area (Å²) in [5.41, 5.74) is 11.9. The first-order valence-electron chi connectivity index (χ1n) is 9.70. The fourth-order valence-electron chi connectivity index (χ4n) is 3.70. The normalized spacial score (nSPS) is 11.0. The Hall–Kier alpha value is -4.03. The van der Waals surface area contributed by atoms with Crippen molar-refractivity contribution in [1.82, 2.24) is 4.98 Å². The van der Waals surface area contributed by atoms with E-state index in [-0.39, 0.29) is 5.69 Å². The van der Waals surface area contributed by atoms with Crippen molar-refractivity contribution >= 4 is 32.9 Å². The molecule has 0 aliphatic carbocycles. The average molecular weight is 423 g/mol. The molecule has 31 heavy (non-hydrogen) atoms. The lowest BCUT2D eigenvalue weighted by Crippen LogP contribution is -1.92. The number of nitro groups is 1. The number of nitrogens with two attached hydrogens (primary N) is 1. The van der Waals surface area contributed by atoms with E-state index in [0.717, 1.165) is 43.0 Å². The van der Waals surface area contributed by atoms with Gasteiger partial charge in [0.15, 0.2) is 0 Å². The lowest BCUT2D eigenvalue weighted by Gasteiger charge is -2.09. The average Bonchev–Trinajstić information content (AvgIpc) is 3.16. The van der Waals surface area contributed by atoms with Crippen molar-refractivity contribution < 1.29 is 4.92 Å². The molecule has 5 aromatic rings. The fourth-order valence-corrected chi connectivity index (χ4v) is 4.81. The third-order valence-electron chi connectivity index (χ3n) is 5.17. The Morgan fingerprint density at radius 1 is 0.806 bits per heavy atom. The molecular formula is C25H17N3O2S. The second-order valence-corrected chi connectivity index (χ2v) is 8.12. The number of hydrogen-bond acceptors (Lipinski definition) is 5. The van der Waals surface area contributed by atoms with Gasteiger partial charge in [0, 0.05) is 28.6 Å². The van der Waals surface area contributed by atoms with E-state index in [9.17, 15) is 10.1 Å². The zero-order valence-corrected chi connectivity index (χ0v) is 17.2. The van der Waals surface area contributed by atoms with Gasteiger partial charge >= 0.3 is 0 Å². The summed E-state index contributed by atoms with van der Waals surface area (Å²) >= 11 is 1.46. The lowest BCUT2D eigenvalue weighted by atomic mass is 9.99. The van der Waals surface area contributed by atoms with Crippen LogP contribution in [0.3, 0.4) is 0 Å². The topological polar surface area (TPSA) is 82.0 Å². The van der Waals surface area contributed by atoms with Crippen LogP contribution in [0.25, 0.3) is 43.0 Å². The van der Waals surface area contributed by atoms with Crippen LogP contribution in [0.4, 0.5) is 11.4 Å². The first-order chi connectivity index (χ1) is 15.1. The van der Waals surface area contributed by atoms with Crippen molar-refractivity contribution in [2.75, 3.05) is 5.73 Å². The van der Waals surface area contributed by atoms with Gasteiger partial charge in [-0.25, -0.2) is 4.98 Å². The number of nitro benzene ring substituents is 1. The Morgan fingerprint density at radius 3 is 2.13 bits per heavy atom. The third-order valence-corrected chi connectivity index (χ3v) is 6.32. The maximum Gasteiger partial charge on any atom is 0.270 e. The number of fused-ring (bicyclic) bond motifs is 1. The summed E-state index contributed by atoms with van der Waals surface area (Å²) in [7, 11) is 0. The van der Waals surface area contributed by atoms with Crippen LogP contribution in [0.1, 0.15) is 0 Å². The molecule has 6 heteroatoms. The van der Waals surface area contributed by atoms with Gasteiger partial charge in [0.1, 0.15) is 4.83 Å². The third kappa shape index (κ3) is 3.43. The van der Waals surface area contributed by atoms with E-state index in [2.05, 4.69) is 6.07 Å². The Labute approximate surface area is 182 Å². The van der Waals surface area contributed by atoms with Crippen LogP contribution < -0.4 is 5.73 Å². The number of aromatic nitrogens is 1. The van der Waals surface area contributed by atoms with Gasteiger partial charge in [-0.3, -0.25) is 10.1 Å². The van der Waals surface area contributed by atoms with Gasteiger partial charge in [0.25, 0.3) is 5.69 Å². The predicted molar refractivity (Wildman–Crippen MR) is 127 cm³/mol. The maximum absolute atomic E-state index is 11.2. The van der Waals surface area contributed by atoms with Crippen LogP contribution in [0.5, 0.6) is 0 Å². The minimum absolute atomic E-state index is 0.0376. The van der Waals surface area contributed by atoms with Gasteiger partial charge < -0.3 is 5.73 Å². The van der Waals surface area contributed by atoms with Crippen molar-refractivity contribution in [1.29, 1.82) is 0 Å². The summed E-state index contributed by atoms with van der Waals surface area (Å²) in [4.78, 5) is 17.3. The van der Waals surface area contributed by atoms with E-state index in [4.69, 9.17) is 10.7 Å². The lowest BCUT2D eigenvalue weighted by molar-refractivity contribution is -0.384. The Kier molecular flexibility index (Phi) is 4.69. The number of non-ortho nitro benzene ring substituents is 1. The Balaban J connectivity index is 1.79. The maximum atomic E-state index is 11.2. The highest BCUT2D eigenvalue weighted by molar-refractivity contribution is 7.22. The van der Waals surface area contributed by atoms with Gasteiger partial charge in [-0.2, -0.15) is 0 Å². The van der Waals surface area contributed by atoms with E-state index in [1.165, 1.54) is 17.4 Å². The number of nitrogen functional groups attached to an aromatic ring is 1. The molecule has 0 unspecified atom stereocenters. The summed E-state index contributed by atoms with van der Waals surface area (Å²) in [6, 6.07) is 28.7. The minimum atomic E-state index is -0.395. The number of anilines is 1. The molecule has 0 radical (unpaired) electrons.